The Morgan fingerprint density at radius 1 is 0.556 bits per heavy atom. The van der Waals surface area contributed by atoms with E-state index < -0.39 is 0 Å². The lowest BCUT2D eigenvalue weighted by Gasteiger charge is -2.45. The van der Waals surface area contributed by atoms with Crippen LogP contribution in [0.25, 0.3) is 0 Å². The second-order valence-corrected chi connectivity index (χ2v) is 6.43. The molecule has 0 aromatic rings. The van der Waals surface area contributed by atoms with Crippen LogP contribution in [0.15, 0.2) is 0 Å². The van der Waals surface area contributed by atoms with Crippen LogP contribution < -0.4 is 10.6 Å². The maximum absolute atomic E-state index is 5.27. The van der Waals surface area contributed by atoms with E-state index in [0.717, 1.165) is 26.4 Å². The van der Waals surface area contributed by atoms with Gasteiger partial charge in [0.15, 0.2) is 0 Å². The van der Waals surface area contributed by atoms with Crippen LogP contribution in [0.3, 0.4) is 0 Å². The van der Waals surface area contributed by atoms with Gasteiger partial charge in [-0.05, 0) is 36.5 Å². The van der Waals surface area contributed by atoms with E-state index in [1.807, 2.05) is 0 Å². The smallest absolute Gasteiger partial charge is 0.0472 e. The highest BCUT2D eigenvalue weighted by Gasteiger charge is 2.38. The monoisotopic (exact) mass is 254 g/mol. The third kappa shape index (κ3) is 2.72. The van der Waals surface area contributed by atoms with E-state index in [2.05, 4.69) is 10.6 Å². The van der Waals surface area contributed by atoms with Gasteiger partial charge in [-0.2, -0.15) is 0 Å². The molecule has 4 heteroatoms. The summed E-state index contributed by atoms with van der Waals surface area (Å²) < 4.78 is 10.5. The highest BCUT2D eigenvalue weighted by molar-refractivity contribution is 4.93. The van der Waals surface area contributed by atoms with Crippen molar-refractivity contribution in [1.29, 1.82) is 0 Å². The lowest BCUT2D eigenvalue weighted by Crippen LogP contribution is -2.55. The van der Waals surface area contributed by atoms with Gasteiger partial charge in [-0.3, -0.25) is 0 Å². The molecule has 4 aliphatic rings. The Labute approximate surface area is 110 Å². The van der Waals surface area contributed by atoms with E-state index in [1.165, 1.54) is 51.9 Å². The highest BCUT2D eigenvalue weighted by Crippen LogP contribution is 2.34. The molecular weight excluding hydrogens is 228 g/mol. The molecule has 2 N–H and O–H groups in total. The quantitative estimate of drug-likeness (QED) is 0.670. The van der Waals surface area contributed by atoms with E-state index in [0.29, 0.717) is 10.8 Å². The van der Waals surface area contributed by atoms with Crippen LogP contribution >= 0.6 is 0 Å². The highest BCUT2D eigenvalue weighted by atomic mass is 16.5. The van der Waals surface area contributed by atoms with E-state index >= 15 is 0 Å². The molecule has 0 saturated carbocycles. The van der Waals surface area contributed by atoms with Crippen LogP contribution in [-0.4, -0.2) is 52.6 Å². The summed E-state index contributed by atoms with van der Waals surface area (Å²) in [4.78, 5) is 0. The number of ether oxygens (including phenoxy) is 2. The molecular formula is C14H26N2O2. The zero-order chi connectivity index (χ0) is 12.3. The van der Waals surface area contributed by atoms with Gasteiger partial charge in [0.05, 0.1) is 0 Å². The summed E-state index contributed by atoms with van der Waals surface area (Å²) in [5.41, 5.74) is 1.33. The minimum Gasteiger partial charge on any atom is -0.381 e. The van der Waals surface area contributed by atoms with Crippen LogP contribution in [0.1, 0.15) is 25.7 Å². The molecule has 4 heterocycles. The fraction of sp³-hybridized carbons (Fsp3) is 1.00. The average molecular weight is 254 g/mol. The third-order valence-corrected chi connectivity index (χ3v) is 5.11. The number of hydrogen-bond acceptors (Lipinski definition) is 4. The lowest BCUT2D eigenvalue weighted by molar-refractivity contribution is -0.0131. The number of rotatable bonds is 0. The first-order chi connectivity index (χ1) is 8.83. The molecule has 18 heavy (non-hydrogen) atoms. The summed E-state index contributed by atoms with van der Waals surface area (Å²) >= 11 is 0. The molecule has 0 amide bonds. The first kappa shape index (κ1) is 12.9. The molecule has 0 radical (unpaired) electrons. The van der Waals surface area contributed by atoms with Crippen LogP contribution in [0, 0.1) is 10.8 Å². The summed E-state index contributed by atoms with van der Waals surface area (Å²) in [6.45, 7) is 8.88. The lowest BCUT2D eigenvalue weighted by atomic mass is 9.75. The zero-order valence-electron chi connectivity index (χ0n) is 11.3. The van der Waals surface area contributed by atoms with E-state index in [-0.39, 0.29) is 0 Å². The standard InChI is InChI=1S/2C7H13NO/c2*1-3-9-4-2-7(1)5-8-6-7/h2*8H,1-6H2. The summed E-state index contributed by atoms with van der Waals surface area (Å²) in [5.74, 6) is 0. The SMILES string of the molecule is C1CC2(CCO1)CNC2.C1CC2(CCO1)CNC2. The van der Waals surface area contributed by atoms with Gasteiger partial charge in [0.1, 0.15) is 0 Å². The third-order valence-electron chi connectivity index (χ3n) is 5.11. The van der Waals surface area contributed by atoms with Crippen molar-refractivity contribution in [2.24, 2.45) is 10.8 Å². The fourth-order valence-electron chi connectivity index (χ4n) is 3.27. The maximum Gasteiger partial charge on any atom is 0.0472 e. The predicted molar refractivity (Wildman–Crippen MR) is 70.7 cm³/mol. The summed E-state index contributed by atoms with van der Waals surface area (Å²) in [6, 6.07) is 0. The van der Waals surface area contributed by atoms with Crippen molar-refractivity contribution in [1.82, 2.24) is 10.6 Å². The summed E-state index contributed by atoms with van der Waals surface area (Å²) in [6.07, 6.45) is 5.11. The van der Waals surface area contributed by atoms with Crippen molar-refractivity contribution in [3.05, 3.63) is 0 Å². The Hall–Kier alpha value is -0.160. The average Bonchev–Trinajstić information content (AvgIpc) is 2.38. The number of hydrogen-bond donors (Lipinski definition) is 2. The molecule has 4 nitrogen and oxygen atoms in total. The van der Waals surface area contributed by atoms with Gasteiger partial charge in [-0.15, -0.1) is 0 Å². The van der Waals surface area contributed by atoms with Crippen molar-refractivity contribution in [3.8, 4) is 0 Å². The first-order valence-corrected chi connectivity index (χ1v) is 7.40. The Bertz CT molecular complexity index is 231. The normalized spacial score (nSPS) is 32.0. The Morgan fingerprint density at radius 3 is 1.06 bits per heavy atom. The fourth-order valence-corrected chi connectivity index (χ4v) is 3.27. The number of nitrogens with one attached hydrogen (secondary N) is 2. The van der Waals surface area contributed by atoms with E-state index in [1.54, 1.807) is 0 Å². The molecule has 4 rings (SSSR count). The van der Waals surface area contributed by atoms with Crippen LogP contribution in [0.5, 0.6) is 0 Å². The minimum absolute atomic E-state index is 0.665. The van der Waals surface area contributed by atoms with Gasteiger partial charge >= 0.3 is 0 Å². The van der Waals surface area contributed by atoms with Gasteiger partial charge in [-0.1, -0.05) is 0 Å². The molecule has 0 aromatic carbocycles. The van der Waals surface area contributed by atoms with Crippen LogP contribution in [-0.2, 0) is 9.47 Å². The topological polar surface area (TPSA) is 42.5 Å². The molecule has 0 unspecified atom stereocenters. The van der Waals surface area contributed by atoms with Crippen LogP contribution in [0.4, 0.5) is 0 Å². The second kappa shape index (κ2) is 5.45. The molecule has 4 aliphatic heterocycles. The van der Waals surface area contributed by atoms with Crippen LogP contribution in [0.2, 0.25) is 0 Å². The summed E-state index contributed by atoms with van der Waals surface area (Å²) in [5, 5.41) is 6.63. The van der Waals surface area contributed by atoms with Gasteiger partial charge in [0.25, 0.3) is 0 Å². The Balaban J connectivity index is 0.000000111. The molecule has 0 aromatic heterocycles. The molecule has 104 valence electrons. The van der Waals surface area contributed by atoms with Crippen molar-refractivity contribution >= 4 is 0 Å². The second-order valence-electron chi connectivity index (χ2n) is 6.43. The van der Waals surface area contributed by atoms with Crippen molar-refractivity contribution in [3.63, 3.8) is 0 Å². The molecule has 4 saturated heterocycles. The predicted octanol–water partition coefficient (Wildman–Crippen LogP) is 0.773. The van der Waals surface area contributed by atoms with E-state index in [4.69, 9.17) is 9.47 Å². The largest absolute Gasteiger partial charge is 0.381 e. The van der Waals surface area contributed by atoms with Crippen molar-refractivity contribution in [2.45, 2.75) is 25.7 Å². The summed E-state index contributed by atoms with van der Waals surface area (Å²) in [7, 11) is 0. The van der Waals surface area contributed by atoms with Gasteiger partial charge in [0.2, 0.25) is 0 Å². The first-order valence-electron chi connectivity index (χ1n) is 7.40. The molecule has 2 spiro atoms. The maximum atomic E-state index is 5.27. The molecule has 0 aliphatic carbocycles. The minimum atomic E-state index is 0.665. The van der Waals surface area contributed by atoms with Gasteiger partial charge in [0, 0.05) is 52.6 Å². The Kier molecular flexibility index (Phi) is 3.89. The van der Waals surface area contributed by atoms with Gasteiger partial charge < -0.3 is 20.1 Å². The molecule has 0 atom stereocenters. The van der Waals surface area contributed by atoms with Crippen molar-refractivity contribution < 1.29 is 9.47 Å². The molecule has 4 fully saturated rings. The molecule has 0 bridgehead atoms. The van der Waals surface area contributed by atoms with E-state index in [9.17, 15) is 0 Å². The Morgan fingerprint density at radius 2 is 0.889 bits per heavy atom. The van der Waals surface area contributed by atoms with Gasteiger partial charge in [-0.25, -0.2) is 0 Å². The zero-order valence-corrected chi connectivity index (χ0v) is 11.3. The van der Waals surface area contributed by atoms with Crippen molar-refractivity contribution in [2.75, 3.05) is 52.6 Å².